The zero-order valence-corrected chi connectivity index (χ0v) is 16.7. The van der Waals surface area contributed by atoms with E-state index in [0.717, 1.165) is 26.7 Å². The Morgan fingerprint density at radius 1 is 0.897 bits per heavy atom. The second-order valence-electron chi connectivity index (χ2n) is 6.22. The number of rotatable bonds is 6. The zero-order chi connectivity index (χ0) is 20.2. The second kappa shape index (κ2) is 8.20. The molecule has 146 valence electrons. The molecule has 4 aromatic rings. The molecule has 0 saturated carbocycles. The van der Waals surface area contributed by atoms with E-state index < -0.39 is 0 Å². The van der Waals surface area contributed by atoms with Crippen molar-refractivity contribution in [3.05, 3.63) is 72.3 Å². The third-order valence-electron chi connectivity index (χ3n) is 4.32. The Balaban J connectivity index is 1.53. The Morgan fingerprint density at radius 2 is 1.66 bits per heavy atom. The molecule has 1 heterocycles. The first-order valence-electron chi connectivity index (χ1n) is 8.92. The minimum Gasteiger partial charge on any atom is -0.493 e. The van der Waals surface area contributed by atoms with Crippen molar-refractivity contribution in [2.45, 2.75) is 0 Å². The Morgan fingerprint density at radius 3 is 2.41 bits per heavy atom. The number of amides is 1. The number of carbonyl (C=O) groups excluding carboxylic acids is 1. The highest BCUT2D eigenvalue weighted by Gasteiger charge is 2.10. The van der Waals surface area contributed by atoms with Gasteiger partial charge in [-0.2, -0.15) is 0 Å². The van der Waals surface area contributed by atoms with E-state index in [4.69, 9.17) is 9.47 Å². The van der Waals surface area contributed by atoms with Crippen LogP contribution in [0, 0.1) is 0 Å². The van der Waals surface area contributed by atoms with E-state index >= 15 is 0 Å². The van der Waals surface area contributed by atoms with Crippen LogP contribution in [0.4, 0.5) is 16.5 Å². The van der Waals surface area contributed by atoms with Crippen LogP contribution in [0.15, 0.2) is 66.7 Å². The van der Waals surface area contributed by atoms with E-state index in [-0.39, 0.29) is 5.91 Å². The SMILES string of the molecule is COc1ccc(Nc2nc3ccc(NC(=O)c4ccccc4)cc3s2)cc1OC. The molecule has 0 aliphatic heterocycles. The van der Waals surface area contributed by atoms with Crippen LogP contribution in [0.25, 0.3) is 10.2 Å². The highest BCUT2D eigenvalue weighted by molar-refractivity contribution is 7.22. The third-order valence-corrected chi connectivity index (χ3v) is 5.25. The molecule has 0 aliphatic rings. The van der Waals surface area contributed by atoms with Gasteiger partial charge in [-0.15, -0.1) is 0 Å². The molecule has 0 fully saturated rings. The van der Waals surface area contributed by atoms with E-state index in [1.54, 1.807) is 26.4 Å². The van der Waals surface area contributed by atoms with Gasteiger partial charge in [-0.05, 0) is 42.5 Å². The first-order chi connectivity index (χ1) is 14.2. The Kier molecular flexibility index (Phi) is 5.31. The monoisotopic (exact) mass is 405 g/mol. The number of ether oxygens (including phenoxy) is 2. The van der Waals surface area contributed by atoms with E-state index in [1.165, 1.54) is 11.3 Å². The zero-order valence-electron chi connectivity index (χ0n) is 15.9. The number of nitrogens with zero attached hydrogens (tertiary/aromatic N) is 1. The van der Waals surface area contributed by atoms with Gasteiger partial charge in [-0.3, -0.25) is 4.79 Å². The fourth-order valence-electron chi connectivity index (χ4n) is 2.89. The fourth-order valence-corrected chi connectivity index (χ4v) is 3.81. The standard InChI is InChI=1S/C22H19N3O3S/c1-27-18-11-9-15(12-19(18)28-2)24-22-25-17-10-8-16(13-20(17)29-22)23-21(26)14-6-4-3-5-7-14/h3-13H,1-2H3,(H,23,26)(H,24,25). The minimum atomic E-state index is -0.141. The highest BCUT2D eigenvalue weighted by Crippen LogP contribution is 2.34. The second-order valence-corrected chi connectivity index (χ2v) is 7.25. The lowest BCUT2D eigenvalue weighted by Crippen LogP contribution is -2.11. The van der Waals surface area contributed by atoms with Gasteiger partial charge >= 0.3 is 0 Å². The number of hydrogen-bond donors (Lipinski definition) is 2. The summed E-state index contributed by atoms with van der Waals surface area (Å²) in [7, 11) is 3.21. The highest BCUT2D eigenvalue weighted by atomic mass is 32.1. The van der Waals surface area contributed by atoms with Crippen molar-refractivity contribution >= 4 is 44.0 Å². The molecule has 1 aromatic heterocycles. The van der Waals surface area contributed by atoms with Crippen molar-refractivity contribution in [1.82, 2.24) is 4.98 Å². The maximum absolute atomic E-state index is 12.4. The number of methoxy groups -OCH3 is 2. The molecule has 0 unspecified atom stereocenters. The van der Waals surface area contributed by atoms with Crippen LogP contribution in [0.5, 0.6) is 11.5 Å². The molecule has 1 amide bonds. The summed E-state index contributed by atoms with van der Waals surface area (Å²) in [4.78, 5) is 17.0. The largest absolute Gasteiger partial charge is 0.493 e. The molecular formula is C22H19N3O3S. The summed E-state index contributed by atoms with van der Waals surface area (Å²) in [6.07, 6.45) is 0. The Bertz CT molecular complexity index is 1160. The number of carbonyl (C=O) groups is 1. The number of anilines is 3. The molecule has 0 spiro atoms. The van der Waals surface area contributed by atoms with Gasteiger partial charge in [0.1, 0.15) is 0 Å². The summed E-state index contributed by atoms with van der Waals surface area (Å²) in [6, 6.07) is 20.4. The molecule has 2 N–H and O–H groups in total. The summed E-state index contributed by atoms with van der Waals surface area (Å²) < 4.78 is 11.6. The van der Waals surface area contributed by atoms with Crippen LogP contribution in [0.1, 0.15) is 10.4 Å². The van der Waals surface area contributed by atoms with E-state index in [1.807, 2.05) is 54.6 Å². The predicted octanol–water partition coefficient (Wildman–Crippen LogP) is 5.31. The van der Waals surface area contributed by atoms with Crippen LogP contribution >= 0.6 is 11.3 Å². The van der Waals surface area contributed by atoms with Gasteiger partial charge in [-0.25, -0.2) is 4.98 Å². The molecule has 3 aromatic carbocycles. The van der Waals surface area contributed by atoms with E-state index in [0.29, 0.717) is 17.1 Å². The van der Waals surface area contributed by atoms with E-state index in [2.05, 4.69) is 15.6 Å². The number of nitrogens with one attached hydrogen (secondary N) is 2. The van der Waals surface area contributed by atoms with Crippen LogP contribution in [0.3, 0.4) is 0 Å². The first kappa shape index (κ1) is 18.8. The topological polar surface area (TPSA) is 72.5 Å². The molecule has 7 heteroatoms. The lowest BCUT2D eigenvalue weighted by atomic mass is 10.2. The number of benzene rings is 3. The van der Waals surface area contributed by atoms with Crippen LogP contribution in [-0.4, -0.2) is 25.1 Å². The molecular weight excluding hydrogens is 386 g/mol. The van der Waals surface area contributed by atoms with Crippen molar-refractivity contribution in [1.29, 1.82) is 0 Å². The number of thiazole rings is 1. The van der Waals surface area contributed by atoms with Gasteiger partial charge in [0, 0.05) is 23.0 Å². The quantitative estimate of drug-likeness (QED) is 0.455. The Labute approximate surface area is 172 Å². The third kappa shape index (κ3) is 4.14. The molecule has 0 bridgehead atoms. The molecule has 6 nitrogen and oxygen atoms in total. The van der Waals surface area contributed by atoms with Gasteiger partial charge in [-0.1, -0.05) is 29.5 Å². The summed E-state index contributed by atoms with van der Waals surface area (Å²) in [5.74, 6) is 1.17. The van der Waals surface area contributed by atoms with Crippen molar-refractivity contribution in [3.8, 4) is 11.5 Å². The predicted molar refractivity (Wildman–Crippen MR) is 117 cm³/mol. The maximum Gasteiger partial charge on any atom is 0.255 e. The molecule has 0 saturated heterocycles. The van der Waals surface area contributed by atoms with Gasteiger partial charge in [0.05, 0.1) is 24.4 Å². The number of fused-ring (bicyclic) bond motifs is 1. The number of hydrogen-bond acceptors (Lipinski definition) is 6. The van der Waals surface area contributed by atoms with Crippen molar-refractivity contribution in [2.75, 3.05) is 24.9 Å². The summed E-state index contributed by atoms with van der Waals surface area (Å²) in [6.45, 7) is 0. The van der Waals surface area contributed by atoms with Gasteiger partial charge in [0.2, 0.25) is 0 Å². The summed E-state index contributed by atoms with van der Waals surface area (Å²) >= 11 is 1.51. The summed E-state index contributed by atoms with van der Waals surface area (Å²) in [5.41, 5.74) is 3.05. The first-order valence-corrected chi connectivity index (χ1v) is 9.74. The van der Waals surface area contributed by atoms with Gasteiger partial charge < -0.3 is 20.1 Å². The fraction of sp³-hybridized carbons (Fsp3) is 0.0909. The molecule has 0 atom stereocenters. The molecule has 4 rings (SSSR count). The maximum atomic E-state index is 12.4. The normalized spacial score (nSPS) is 10.6. The molecule has 0 radical (unpaired) electrons. The van der Waals surface area contributed by atoms with Crippen molar-refractivity contribution in [2.24, 2.45) is 0 Å². The lowest BCUT2D eigenvalue weighted by Gasteiger charge is -2.09. The van der Waals surface area contributed by atoms with Crippen molar-refractivity contribution in [3.63, 3.8) is 0 Å². The Hall–Kier alpha value is -3.58. The summed E-state index contributed by atoms with van der Waals surface area (Å²) in [5, 5.41) is 6.96. The lowest BCUT2D eigenvalue weighted by molar-refractivity contribution is 0.102. The van der Waals surface area contributed by atoms with Crippen LogP contribution < -0.4 is 20.1 Å². The van der Waals surface area contributed by atoms with Gasteiger partial charge in [0.25, 0.3) is 5.91 Å². The average molecular weight is 405 g/mol. The minimum absolute atomic E-state index is 0.141. The number of aromatic nitrogens is 1. The van der Waals surface area contributed by atoms with E-state index in [9.17, 15) is 4.79 Å². The molecule has 0 aliphatic carbocycles. The van der Waals surface area contributed by atoms with Crippen LogP contribution in [0.2, 0.25) is 0 Å². The van der Waals surface area contributed by atoms with Gasteiger partial charge in [0.15, 0.2) is 16.6 Å². The van der Waals surface area contributed by atoms with Crippen molar-refractivity contribution < 1.29 is 14.3 Å². The average Bonchev–Trinajstić information content (AvgIpc) is 3.15. The van der Waals surface area contributed by atoms with Crippen LogP contribution in [-0.2, 0) is 0 Å². The molecule has 29 heavy (non-hydrogen) atoms. The smallest absolute Gasteiger partial charge is 0.255 e.